The van der Waals surface area contributed by atoms with E-state index in [0.29, 0.717) is 13.1 Å². The van der Waals surface area contributed by atoms with Gasteiger partial charge in [0.05, 0.1) is 18.6 Å². The number of nitrogens with one attached hydrogen (secondary N) is 2. The highest BCUT2D eigenvalue weighted by molar-refractivity contribution is 5.94. The zero-order chi connectivity index (χ0) is 20.8. The van der Waals surface area contributed by atoms with Gasteiger partial charge in [-0.3, -0.25) is 14.9 Å². The van der Waals surface area contributed by atoms with Crippen LogP contribution in [0, 0.1) is 29.8 Å². The lowest BCUT2D eigenvalue weighted by molar-refractivity contribution is -0.903. The fourth-order valence-electron chi connectivity index (χ4n) is 2.89. The molecule has 0 aliphatic carbocycles. The maximum atomic E-state index is 13.9. The molecular weight excluding hydrogens is 365 g/mol. The van der Waals surface area contributed by atoms with Gasteiger partial charge >= 0.3 is 0 Å². The van der Waals surface area contributed by atoms with E-state index in [-0.39, 0.29) is 29.6 Å². The van der Waals surface area contributed by atoms with E-state index in [1.165, 1.54) is 19.2 Å². The molecule has 150 valence electrons. The Morgan fingerprint density at radius 3 is 2.50 bits per heavy atom. The van der Waals surface area contributed by atoms with E-state index in [2.05, 4.69) is 5.32 Å². The summed E-state index contributed by atoms with van der Waals surface area (Å²) in [5.41, 5.74) is 2.43. The number of likely N-dealkylation sites (N-methyl/N-ethyl adjacent to an activating group) is 1. The van der Waals surface area contributed by atoms with Gasteiger partial charge in [0, 0.05) is 11.6 Å². The zero-order valence-corrected chi connectivity index (χ0v) is 16.5. The van der Waals surface area contributed by atoms with Crippen LogP contribution in [0.2, 0.25) is 0 Å². The Bertz CT molecular complexity index is 886. The number of amides is 1. The normalized spacial score (nSPS) is 11.8. The number of nitro groups is 1. The van der Waals surface area contributed by atoms with Crippen LogP contribution in [-0.4, -0.2) is 31.0 Å². The minimum Gasteiger partial charge on any atom is -0.494 e. The molecule has 0 saturated carbocycles. The highest BCUT2D eigenvalue weighted by Crippen LogP contribution is 2.27. The van der Waals surface area contributed by atoms with Gasteiger partial charge in [0.15, 0.2) is 18.1 Å². The lowest BCUT2D eigenvalue weighted by atomic mass is 10.1. The lowest BCUT2D eigenvalue weighted by Gasteiger charge is -2.18. The largest absolute Gasteiger partial charge is 0.494 e. The zero-order valence-electron chi connectivity index (χ0n) is 16.5. The van der Waals surface area contributed by atoms with Gasteiger partial charge in [0.1, 0.15) is 12.2 Å². The van der Waals surface area contributed by atoms with Crippen LogP contribution in [0.15, 0.2) is 30.3 Å². The molecule has 0 spiro atoms. The Kier molecular flexibility index (Phi) is 7.06. The molecule has 0 heterocycles. The van der Waals surface area contributed by atoms with E-state index in [4.69, 9.17) is 4.74 Å². The molecule has 28 heavy (non-hydrogen) atoms. The van der Waals surface area contributed by atoms with Crippen LogP contribution in [0.4, 0.5) is 15.8 Å². The molecule has 0 aliphatic heterocycles. The number of anilines is 1. The second-order valence-electron chi connectivity index (χ2n) is 6.68. The van der Waals surface area contributed by atoms with E-state index in [1.54, 1.807) is 25.1 Å². The highest BCUT2D eigenvalue weighted by atomic mass is 19.1. The summed E-state index contributed by atoms with van der Waals surface area (Å²) >= 11 is 0. The predicted molar refractivity (Wildman–Crippen MR) is 104 cm³/mol. The number of nitro benzene ring substituents is 1. The Hall–Kier alpha value is -3.00. The van der Waals surface area contributed by atoms with Crippen LogP contribution < -0.4 is 15.0 Å². The molecule has 0 bridgehead atoms. The number of rotatable bonds is 8. The summed E-state index contributed by atoms with van der Waals surface area (Å²) in [5, 5.41) is 13.9. The molecule has 0 fully saturated rings. The van der Waals surface area contributed by atoms with Gasteiger partial charge in [-0.15, -0.1) is 0 Å². The summed E-state index contributed by atoms with van der Waals surface area (Å²) in [6.07, 6.45) is 0. The lowest BCUT2D eigenvalue weighted by Crippen LogP contribution is -3.11. The first-order valence-corrected chi connectivity index (χ1v) is 8.96. The Morgan fingerprint density at radius 2 is 1.93 bits per heavy atom. The topological polar surface area (TPSA) is 85.9 Å². The number of quaternary nitrogens is 1. The third-order valence-corrected chi connectivity index (χ3v) is 4.66. The maximum absolute atomic E-state index is 13.9. The van der Waals surface area contributed by atoms with Crippen molar-refractivity contribution in [3.63, 3.8) is 0 Å². The number of carbonyl (C=O) groups is 1. The Balaban J connectivity index is 2.09. The number of benzene rings is 2. The average Bonchev–Trinajstić information content (AvgIpc) is 2.63. The molecule has 0 aromatic heterocycles. The van der Waals surface area contributed by atoms with Crippen molar-refractivity contribution in [3.05, 3.63) is 63.0 Å². The van der Waals surface area contributed by atoms with Crippen molar-refractivity contribution >= 4 is 17.3 Å². The van der Waals surface area contributed by atoms with Gasteiger partial charge < -0.3 is 15.0 Å². The van der Waals surface area contributed by atoms with Gasteiger partial charge in [-0.05, 0) is 56.2 Å². The van der Waals surface area contributed by atoms with Gasteiger partial charge in [-0.25, -0.2) is 4.39 Å². The van der Waals surface area contributed by atoms with Crippen molar-refractivity contribution in [3.8, 4) is 5.75 Å². The number of methoxy groups -OCH3 is 1. The molecule has 2 aromatic rings. The molecule has 0 radical (unpaired) electrons. The number of hydrogen-bond acceptors (Lipinski definition) is 4. The summed E-state index contributed by atoms with van der Waals surface area (Å²) in [6, 6.07) is 7.76. The number of ether oxygens (including phenoxy) is 1. The van der Waals surface area contributed by atoms with Crippen LogP contribution in [0.25, 0.3) is 0 Å². The summed E-state index contributed by atoms with van der Waals surface area (Å²) < 4.78 is 18.8. The smallest absolute Gasteiger partial charge is 0.293 e. The van der Waals surface area contributed by atoms with E-state index < -0.39 is 10.7 Å². The maximum Gasteiger partial charge on any atom is 0.293 e. The first-order valence-electron chi connectivity index (χ1n) is 8.96. The third-order valence-electron chi connectivity index (χ3n) is 4.66. The summed E-state index contributed by atoms with van der Waals surface area (Å²) in [5.74, 6) is -0.621. The number of carbonyl (C=O) groups excluding carboxylic acids is 1. The van der Waals surface area contributed by atoms with E-state index in [0.717, 1.165) is 21.6 Å². The van der Waals surface area contributed by atoms with Crippen molar-refractivity contribution in [2.45, 2.75) is 27.3 Å². The van der Waals surface area contributed by atoms with Gasteiger partial charge in [-0.2, -0.15) is 0 Å². The van der Waals surface area contributed by atoms with Crippen LogP contribution >= 0.6 is 0 Å². The molecule has 8 heteroatoms. The second kappa shape index (κ2) is 9.27. The minimum atomic E-state index is -0.507. The number of halogens is 1. The van der Waals surface area contributed by atoms with Crippen LogP contribution in [-0.2, 0) is 11.3 Å². The first kappa shape index (κ1) is 21.3. The molecule has 1 amide bonds. The fourth-order valence-corrected chi connectivity index (χ4v) is 2.89. The van der Waals surface area contributed by atoms with E-state index >= 15 is 0 Å². The van der Waals surface area contributed by atoms with Gasteiger partial charge in [-0.1, -0.05) is 0 Å². The van der Waals surface area contributed by atoms with Gasteiger partial charge in [0.25, 0.3) is 11.6 Å². The summed E-state index contributed by atoms with van der Waals surface area (Å²) in [6.45, 7) is 6.71. The molecular formula is C20H25FN3O4+. The third kappa shape index (κ3) is 5.26. The molecule has 0 aliphatic rings. The molecule has 1 unspecified atom stereocenters. The standard InChI is InChI=1S/C20H24FN3O4/c1-5-23(11-15-6-7-19(28-4)16(21)10-15)12-20(25)22-17-8-13(2)14(3)9-18(17)24(26)27/h6-10H,5,11-12H2,1-4H3,(H,22,25)/p+1. The number of nitrogens with zero attached hydrogens (tertiary/aromatic N) is 1. The van der Waals surface area contributed by atoms with Crippen molar-refractivity contribution in [2.75, 3.05) is 25.5 Å². The summed E-state index contributed by atoms with van der Waals surface area (Å²) in [4.78, 5) is 24.1. The van der Waals surface area contributed by atoms with E-state index in [1.807, 2.05) is 13.8 Å². The monoisotopic (exact) mass is 390 g/mol. The van der Waals surface area contributed by atoms with Gasteiger partial charge in [0.2, 0.25) is 0 Å². The molecule has 2 rings (SSSR count). The van der Waals surface area contributed by atoms with Crippen molar-refractivity contribution in [1.82, 2.24) is 0 Å². The molecule has 7 nitrogen and oxygen atoms in total. The van der Waals surface area contributed by atoms with Crippen molar-refractivity contribution < 1.29 is 23.7 Å². The van der Waals surface area contributed by atoms with Crippen LogP contribution in [0.5, 0.6) is 5.75 Å². The number of aryl methyl sites for hydroxylation is 2. The van der Waals surface area contributed by atoms with Crippen molar-refractivity contribution in [1.29, 1.82) is 0 Å². The molecule has 2 N–H and O–H groups in total. The quantitative estimate of drug-likeness (QED) is 0.535. The van der Waals surface area contributed by atoms with Crippen LogP contribution in [0.3, 0.4) is 0 Å². The Labute approximate surface area is 163 Å². The Morgan fingerprint density at radius 1 is 1.25 bits per heavy atom. The number of hydrogen-bond donors (Lipinski definition) is 2. The SMILES string of the molecule is CC[NH+](CC(=O)Nc1cc(C)c(C)cc1[N+](=O)[O-])Cc1ccc(OC)c(F)c1. The predicted octanol–water partition coefficient (Wildman–Crippen LogP) is 2.40. The van der Waals surface area contributed by atoms with Crippen LogP contribution in [0.1, 0.15) is 23.6 Å². The highest BCUT2D eigenvalue weighted by Gasteiger charge is 2.20. The van der Waals surface area contributed by atoms with E-state index in [9.17, 15) is 19.3 Å². The summed E-state index contributed by atoms with van der Waals surface area (Å²) in [7, 11) is 1.40. The molecule has 0 saturated heterocycles. The van der Waals surface area contributed by atoms with Crippen molar-refractivity contribution in [2.24, 2.45) is 0 Å². The first-order chi connectivity index (χ1) is 13.2. The average molecular weight is 390 g/mol. The second-order valence-corrected chi connectivity index (χ2v) is 6.68. The molecule has 2 aromatic carbocycles. The molecule has 1 atom stereocenters. The minimum absolute atomic E-state index is 0.105. The fraction of sp³-hybridized carbons (Fsp3) is 0.350.